The number of aryl methyl sites for hydroxylation is 2. The molecule has 3 nitrogen and oxygen atoms in total. The smallest absolute Gasteiger partial charge is 0.119 e. The molecule has 0 radical (unpaired) electrons. The highest BCUT2D eigenvalue weighted by Crippen LogP contribution is 2.12. The van der Waals surface area contributed by atoms with Gasteiger partial charge in [-0.25, -0.2) is 0 Å². The third-order valence-corrected chi connectivity index (χ3v) is 3.14. The van der Waals surface area contributed by atoms with Crippen LogP contribution in [-0.2, 0) is 6.42 Å². The van der Waals surface area contributed by atoms with E-state index in [0.29, 0.717) is 0 Å². The molecule has 3 rings (SSSR count). The second kappa shape index (κ2) is 13.2. The molecule has 1 aromatic heterocycles. The molecule has 0 unspecified atom stereocenters. The van der Waals surface area contributed by atoms with Crippen LogP contribution in [0.5, 0.6) is 5.75 Å². The van der Waals surface area contributed by atoms with E-state index in [2.05, 4.69) is 54.4 Å². The maximum atomic E-state index is 5.06. The molecule has 132 valence electrons. The number of nitrogens with zero attached hydrogens (tertiary/aromatic N) is 1. The van der Waals surface area contributed by atoms with Crippen LogP contribution in [0.3, 0.4) is 0 Å². The first-order valence-electron chi connectivity index (χ1n) is 8.75. The molecule has 0 spiro atoms. The Balaban J connectivity index is 0.000000366. The Labute approximate surface area is 147 Å². The number of rotatable bonds is 2. The van der Waals surface area contributed by atoms with Crippen molar-refractivity contribution in [1.29, 1.82) is 0 Å². The van der Waals surface area contributed by atoms with Gasteiger partial charge in [0.25, 0.3) is 0 Å². The number of aromatic nitrogens is 2. The fraction of sp³-hybridized carbons (Fsp3) is 0.381. The van der Waals surface area contributed by atoms with E-state index in [1.165, 1.54) is 16.5 Å². The van der Waals surface area contributed by atoms with Gasteiger partial charge in [0.2, 0.25) is 0 Å². The number of nitrogens with one attached hydrogen (secondary N) is 1. The van der Waals surface area contributed by atoms with E-state index >= 15 is 0 Å². The molecule has 0 amide bonds. The van der Waals surface area contributed by atoms with Gasteiger partial charge in [-0.3, -0.25) is 5.10 Å². The maximum Gasteiger partial charge on any atom is 0.119 e. The third-order valence-electron chi connectivity index (χ3n) is 3.14. The largest absolute Gasteiger partial charge is 0.497 e. The van der Waals surface area contributed by atoms with Crippen molar-refractivity contribution in [2.45, 2.75) is 48.0 Å². The van der Waals surface area contributed by atoms with Crippen LogP contribution in [0, 0.1) is 6.92 Å². The van der Waals surface area contributed by atoms with Crippen molar-refractivity contribution in [3.8, 4) is 5.75 Å². The van der Waals surface area contributed by atoms with Crippen LogP contribution < -0.4 is 4.74 Å². The van der Waals surface area contributed by atoms with Crippen LogP contribution in [0.15, 0.2) is 48.7 Å². The van der Waals surface area contributed by atoms with Crippen molar-refractivity contribution in [2.75, 3.05) is 7.11 Å². The van der Waals surface area contributed by atoms with E-state index < -0.39 is 0 Å². The SMILES string of the molecule is CC.CC.CCc1cccc(OC)c1.Cc1ccc2cn[nH]c2c1. The zero-order valence-corrected chi connectivity index (χ0v) is 16.2. The van der Waals surface area contributed by atoms with E-state index in [0.717, 1.165) is 17.7 Å². The van der Waals surface area contributed by atoms with Crippen molar-refractivity contribution in [2.24, 2.45) is 0 Å². The highest BCUT2D eigenvalue weighted by Gasteiger charge is 1.92. The number of hydrogen-bond acceptors (Lipinski definition) is 2. The number of H-pyrrole nitrogens is 1. The normalized spacial score (nSPS) is 8.79. The lowest BCUT2D eigenvalue weighted by molar-refractivity contribution is 0.414. The second-order valence-corrected chi connectivity index (χ2v) is 4.67. The number of ether oxygens (including phenoxy) is 1. The lowest BCUT2D eigenvalue weighted by Crippen LogP contribution is -1.84. The summed E-state index contributed by atoms with van der Waals surface area (Å²) in [5, 5.41) is 8.00. The van der Waals surface area contributed by atoms with E-state index in [1.807, 2.05) is 46.0 Å². The van der Waals surface area contributed by atoms with Gasteiger partial charge in [0, 0.05) is 5.39 Å². The van der Waals surface area contributed by atoms with E-state index in [1.54, 1.807) is 7.11 Å². The predicted molar refractivity (Wildman–Crippen MR) is 106 cm³/mol. The second-order valence-electron chi connectivity index (χ2n) is 4.67. The van der Waals surface area contributed by atoms with Gasteiger partial charge in [0.15, 0.2) is 0 Å². The van der Waals surface area contributed by atoms with E-state index in [-0.39, 0.29) is 0 Å². The van der Waals surface area contributed by atoms with Crippen molar-refractivity contribution in [3.05, 3.63) is 59.8 Å². The van der Waals surface area contributed by atoms with Gasteiger partial charge < -0.3 is 4.74 Å². The Morgan fingerprint density at radius 3 is 2.33 bits per heavy atom. The van der Waals surface area contributed by atoms with Gasteiger partial charge in [-0.15, -0.1) is 0 Å². The first-order valence-corrected chi connectivity index (χ1v) is 8.75. The Kier molecular flexibility index (Phi) is 11.9. The standard InChI is InChI=1S/C9H12O.C8H8N2.2C2H6/c1-3-8-5-4-6-9(7-8)10-2;1-6-2-3-7-5-9-10-8(7)4-6;2*1-2/h4-7H,3H2,1-2H3;2-5H,1H3,(H,9,10);2*1-2H3. The Morgan fingerprint density at radius 2 is 1.71 bits per heavy atom. The average molecular weight is 328 g/mol. The van der Waals surface area contributed by atoms with E-state index in [9.17, 15) is 0 Å². The minimum Gasteiger partial charge on any atom is -0.497 e. The monoisotopic (exact) mass is 328 g/mol. The molecule has 0 aliphatic heterocycles. The minimum absolute atomic E-state index is 0.944. The summed E-state index contributed by atoms with van der Waals surface area (Å²) >= 11 is 0. The molecule has 1 N–H and O–H groups in total. The van der Waals surface area contributed by atoms with Crippen LogP contribution in [0.1, 0.15) is 45.7 Å². The Bertz CT molecular complexity index is 655. The summed E-state index contributed by atoms with van der Waals surface area (Å²) in [6.45, 7) is 12.2. The third kappa shape index (κ3) is 7.32. The quantitative estimate of drug-likeness (QED) is 0.610. The highest BCUT2D eigenvalue weighted by molar-refractivity contribution is 5.78. The first-order chi connectivity index (χ1) is 11.7. The maximum absolute atomic E-state index is 5.06. The predicted octanol–water partition coefficient (Wildman–Crippen LogP) is 6.18. The van der Waals surface area contributed by atoms with Crippen molar-refractivity contribution in [3.63, 3.8) is 0 Å². The average Bonchev–Trinajstić information content (AvgIpc) is 3.13. The molecule has 0 aliphatic rings. The molecular weight excluding hydrogens is 296 g/mol. The number of fused-ring (bicyclic) bond motifs is 1. The van der Waals surface area contributed by atoms with Crippen molar-refractivity contribution in [1.82, 2.24) is 10.2 Å². The zero-order chi connectivity index (χ0) is 18.4. The van der Waals surface area contributed by atoms with Gasteiger partial charge in [-0.05, 0) is 42.7 Å². The molecule has 3 heteroatoms. The molecule has 0 bridgehead atoms. The van der Waals surface area contributed by atoms with Crippen LogP contribution in [0.2, 0.25) is 0 Å². The number of hydrogen-bond donors (Lipinski definition) is 1. The van der Waals surface area contributed by atoms with E-state index in [4.69, 9.17) is 4.74 Å². The molecular formula is C21H32N2O. The molecule has 24 heavy (non-hydrogen) atoms. The molecule has 0 atom stereocenters. The van der Waals surface area contributed by atoms with Gasteiger partial charge in [0.05, 0.1) is 18.8 Å². The molecule has 3 aromatic rings. The lowest BCUT2D eigenvalue weighted by atomic mass is 10.2. The summed E-state index contributed by atoms with van der Waals surface area (Å²) in [4.78, 5) is 0. The molecule has 0 aliphatic carbocycles. The van der Waals surface area contributed by atoms with Crippen LogP contribution in [0.25, 0.3) is 10.9 Å². The first kappa shape index (κ1) is 21.7. The zero-order valence-electron chi connectivity index (χ0n) is 16.2. The Morgan fingerprint density at radius 1 is 1.00 bits per heavy atom. The highest BCUT2D eigenvalue weighted by atomic mass is 16.5. The van der Waals surface area contributed by atoms with Gasteiger partial charge in [0.1, 0.15) is 5.75 Å². The van der Waals surface area contributed by atoms with Crippen LogP contribution in [0.4, 0.5) is 0 Å². The van der Waals surface area contributed by atoms with Crippen molar-refractivity contribution >= 4 is 10.9 Å². The summed E-state index contributed by atoms with van der Waals surface area (Å²) in [6, 6.07) is 14.4. The number of methoxy groups -OCH3 is 1. The molecule has 1 heterocycles. The number of benzene rings is 2. The molecule has 0 saturated heterocycles. The fourth-order valence-corrected chi connectivity index (χ4v) is 1.94. The Hall–Kier alpha value is -2.29. The molecule has 0 saturated carbocycles. The minimum atomic E-state index is 0.944. The van der Waals surface area contributed by atoms with Crippen molar-refractivity contribution < 1.29 is 4.74 Å². The summed E-state index contributed by atoms with van der Waals surface area (Å²) in [5.41, 5.74) is 3.69. The molecule has 0 fully saturated rings. The lowest BCUT2D eigenvalue weighted by Gasteiger charge is -2.00. The van der Waals surface area contributed by atoms with Crippen LogP contribution >= 0.6 is 0 Å². The van der Waals surface area contributed by atoms with Gasteiger partial charge in [-0.2, -0.15) is 5.10 Å². The topological polar surface area (TPSA) is 37.9 Å². The summed E-state index contributed by atoms with van der Waals surface area (Å²) in [6.07, 6.45) is 2.89. The summed E-state index contributed by atoms with van der Waals surface area (Å²) in [7, 11) is 1.69. The van der Waals surface area contributed by atoms with Gasteiger partial charge in [-0.1, -0.05) is 58.9 Å². The number of aromatic amines is 1. The summed E-state index contributed by atoms with van der Waals surface area (Å²) in [5.74, 6) is 0.944. The molecule has 2 aromatic carbocycles. The summed E-state index contributed by atoms with van der Waals surface area (Å²) < 4.78 is 5.06. The van der Waals surface area contributed by atoms with Crippen LogP contribution in [-0.4, -0.2) is 17.3 Å². The van der Waals surface area contributed by atoms with Gasteiger partial charge >= 0.3 is 0 Å². The fourth-order valence-electron chi connectivity index (χ4n) is 1.94.